The van der Waals surface area contributed by atoms with Crippen LogP contribution in [0, 0.1) is 12.3 Å². The van der Waals surface area contributed by atoms with Crippen LogP contribution in [0.1, 0.15) is 18.4 Å². The third-order valence-electron chi connectivity index (χ3n) is 2.94. The summed E-state index contributed by atoms with van der Waals surface area (Å²) in [6.07, 6.45) is 2.07. The summed E-state index contributed by atoms with van der Waals surface area (Å²) in [6, 6.07) is 1.51. The van der Waals surface area contributed by atoms with Crippen LogP contribution >= 0.6 is 0 Å². The van der Waals surface area contributed by atoms with E-state index in [4.69, 9.17) is 5.11 Å². The lowest BCUT2D eigenvalue weighted by atomic mass is 10.1. The number of nitrogens with one attached hydrogen (secondary N) is 2. The number of hydrogen-bond donors (Lipinski definition) is 3. The number of H-pyrrole nitrogens is 1. The summed E-state index contributed by atoms with van der Waals surface area (Å²) < 4.78 is 0. The van der Waals surface area contributed by atoms with Gasteiger partial charge in [-0.2, -0.15) is 0 Å². The number of aliphatic carboxylic acids is 1. The standard InChI is InChI=1S/C11H12N2O4/c1-6-4-7(5-12-8(6)14)13-9(15)11(2-3-11)10(16)17/h4-5H,2-3H2,1H3,(H,12,14)(H,13,15)(H,16,17). The van der Waals surface area contributed by atoms with Crippen molar-refractivity contribution in [1.82, 2.24) is 4.98 Å². The summed E-state index contributed by atoms with van der Waals surface area (Å²) in [7, 11) is 0. The van der Waals surface area contributed by atoms with Gasteiger partial charge in [0.15, 0.2) is 0 Å². The molecule has 1 aromatic rings. The number of amides is 1. The molecule has 1 amide bonds. The average Bonchev–Trinajstić information content (AvgIpc) is 3.04. The third kappa shape index (κ3) is 1.93. The van der Waals surface area contributed by atoms with Gasteiger partial charge in [-0.1, -0.05) is 0 Å². The van der Waals surface area contributed by atoms with E-state index >= 15 is 0 Å². The van der Waals surface area contributed by atoms with Gasteiger partial charge in [-0.15, -0.1) is 0 Å². The summed E-state index contributed by atoms with van der Waals surface area (Å²) in [4.78, 5) is 36.2. The molecule has 0 unspecified atom stereocenters. The number of aromatic nitrogens is 1. The topological polar surface area (TPSA) is 99.3 Å². The zero-order chi connectivity index (χ0) is 12.6. The van der Waals surface area contributed by atoms with Crippen LogP contribution in [0.25, 0.3) is 0 Å². The number of hydrogen-bond acceptors (Lipinski definition) is 3. The average molecular weight is 236 g/mol. The van der Waals surface area contributed by atoms with E-state index in [9.17, 15) is 14.4 Å². The van der Waals surface area contributed by atoms with Crippen LogP contribution < -0.4 is 10.9 Å². The predicted molar refractivity (Wildman–Crippen MR) is 59.7 cm³/mol. The lowest BCUT2D eigenvalue weighted by Gasteiger charge is -2.10. The molecule has 6 nitrogen and oxygen atoms in total. The molecule has 1 fully saturated rings. The molecule has 1 aliphatic carbocycles. The maximum atomic E-state index is 11.8. The van der Waals surface area contributed by atoms with Crippen molar-refractivity contribution >= 4 is 17.6 Å². The number of carbonyl (C=O) groups is 2. The molecule has 0 aliphatic heterocycles. The van der Waals surface area contributed by atoms with E-state index in [0.29, 0.717) is 24.1 Å². The molecule has 1 heterocycles. The number of carboxylic acid groups (broad SMARTS) is 1. The first kappa shape index (κ1) is 11.4. The van der Waals surface area contributed by atoms with Crippen LogP contribution in [0.3, 0.4) is 0 Å². The fourth-order valence-corrected chi connectivity index (χ4v) is 1.58. The number of pyridine rings is 1. The Kier molecular flexibility index (Phi) is 2.49. The monoisotopic (exact) mass is 236 g/mol. The minimum atomic E-state index is -1.27. The second kappa shape index (κ2) is 3.73. The van der Waals surface area contributed by atoms with E-state index in [-0.39, 0.29) is 5.56 Å². The molecule has 6 heteroatoms. The lowest BCUT2D eigenvalue weighted by Crippen LogP contribution is -2.31. The molecule has 90 valence electrons. The molecule has 17 heavy (non-hydrogen) atoms. The minimum Gasteiger partial charge on any atom is -0.480 e. The zero-order valence-electron chi connectivity index (χ0n) is 9.24. The first-order valence-electron chi connectivity index (χ1n) is 5.20. The molecule has 1 saturated carbocycles. The molecule has 0 atom stereocenters. The highest BCUT2D eigenvalue weighted by Crippen LogP contribution is 2.46. The highest BCUT2D eigenvalue weighted by Gasteiger charge is 2.57. The number of anilines is 1. The van der Waals surface area contributed by atoms with Gasteiger partial charge < -0.3 is 15.4 Å². The smallest absolute Gasteiger partial charge is 0.319 e. The molecular formula is C11H12N2O4. The molecule has 1 aromatic heterocycles. The fraction of sp³-hybridized carbons (Fsp3) is 0.364. The van der Waals surface area contributed by atoms with Crippen molar-refractivity contribution in [3.8, 4) is 0 Å². The fourth-order valence-electron chi connectivity index (χ4n) is 1.58. The van der Waals surface area contributed by atoms with Crippen molar-refractivity contribution in [3.05, 3.63) is 28.2 Å². The van der Waals surface area contributed by atoms with Crippen molar-refractivity contribution in [1.29, 1.82) is 0 Å². The number of carboxylic acids is 1. The summed E-state index contributed by atoms with van der Waals surface area (Å²) in [6.45, 7) is 1.61. The second-order valence-electron chi connectivity index (χ2n) is 4.24. The quantitative estimate of drug-likeness (QED) is 0.665. The Morgan fingerprint density at radius 1 is 1.47 bits per heavy atom. The number of rotatable bonds is 3. The Morgan fingerprint density at radius 3 is 2.59 bits per heavy atom. The summed E-state index contributed by atoms with van der Waals surface area (Å²) in [5, 5.41) is 11.4. The van der Waals surface area contributed by atoms with E-state index in [0.717, 1.165) is 0 Å². The molecule has 2 rings (SSSR count). The van der Waals surface area contributed by atoms with E-state index in [1.165, 1.54) is 12.3 Å². The van der Waals surface area contributed by atoms with Crippen LogP contribution in [0.2, 0.25) is 0 Å². The Hall–Kier alpha value is -2.11. The van der Waals surface area contributed by atoms with Crippen molar-refractivity contribution < 1.29 is 14.7 Å². The lowest BCUT2D eigenvalue weighted by molar-refractivity contribution is -0.147. The van der Waals surface area contributed by atoms with Gasteiger partial charge in [0.1, 0.15) is 5.41 Å². The minimum absolute atomic E-state index is 0.234. The highest BCUT2D eigenvalue weighted by molar-refractivity contribution is 6.10. The van der Waals surface area contributed by atoms with Gasteiger partial charge in [0, 0.05) is 11.8 Å². The van der Waals surface area contributed by atoms with Crippen molar-refractivity contribution in [3.63, 3.8) is 0 Å². The predicted octanol–water partition coefficient (Wildman–Crippen LogP) is 0.487. The van der Waals surface area contributed by atoms with Crippen LogP contribution in [0.5, 0.6) is 0 Å². The maximum Gasteiger partial charge on any atom is 0.319 e. The third-order valence-corrected chi connectivity index (χ3v) is 2.94. The van der Waals surface area contributed by atoms with Crippen LogP contribution in [-0.4, -0.2) is 22.0 Å². The summed E-state index contributed by atoms with van der Waals surface area (Å²) >= 11 is 0. The Bertz CT molecular complexity index is 543. The van der Waals surface area contributed by atoms with Gasteiger partial charge in [-0.05, 0) is 25.8 Å². The largest absolute Gasteiger partial charge is 0.480 e. The Balaban J connectivity index is 2.17. The molecule has 1 aliphatic rings. The first-order chi connectivity index (χ1) is 7.95. The van der Waals surface area contributed by atoms with Gasteiger partial charge in [0.2, 0.25) is 5.91 Å². The van der Waals surface area contributed by atoms with Gasteiger partial charge >= 0.3 is 5.97 Å². The number of aryl methyl sites for hydroxylation is 1. The normalized spacial score (nSPS) is 16.3. The van der Waals surface area contributed by atoms with E-state index in [1.54, 1.807) is 6.92 Å². The molecular weight excluding hydrogens is 224 g/mol. The van der Waals surface area contributed by atoms with Crippen LogP contribution in [-0.2, 0) is 9.59 Å². The number of carbonyl (C=O) groups excluding carboxylic acids is 1. The highest BCUT2D eigenvalue weighted by atomic mass is 16.4. The van der Waals surface area contributed by atoms with Gasteiger partial charge in [0.25, 0.3) is 5.56 Å². The second-order valence-corrected chi connectivity index (χ2v) is 4.24. The SMILES string of the molecule is Cc1cc(NC(=O)C2(C(=O)O)CC2)c[nH]c1=O. The Labute approximate surface area is 96.7 Å². The summed E-state index contributed by atoms with van der Waals surface area (Å²) in [5.41, 5.74) is -0.644. The summed E-state index contributed by atoms with van der Waals surface area (Å²) in [5.74, 6) is -1.63. The molecule has 0 saturated heterocycles. The van der Waals surface area contributed by atoms with Crippen LogP contribution in [0.4, 0.5) is 5.69 Å². The van der Waals surface area contributed by atoms with Gasteiger partial charge in [-0.3, -0.25) is 14.4 Å². The van der Waals surface area contributed by atoms with Gasteiger partial charge in [-0.25, -0.2) is 0 Å². The maximum absolute atomic E-state index is 11.8. The van der Waals surface area contributed by atoms with E-state index < -0.39 is 17.3 Å². The first-order valence-corrected chi connectivity index (χ1v) is 5.20. The molecule has 3 N–H and O–H groups in total. The number of aromatic amines is 1. The van der Waals surface area contributed by atoms with Gasteiger partial charge in [0.05, 0.1) is 5.69 Å². The Morgan fingerprint density at radius 2 is 2.12 bits per heavy atom. The van der Waals surface area contributed by atoms with Crippen molar-refractivity contribution in [2.24, 2.45) is 5.41 Å². The van der Waals surface area contributed by atoms with E-state index in [2.05, 4.69) is 10.3 Å². The molecule has 0 spiro atoms. The molecule has 0 bridgehead atoms. The molecule has 0 aromatic carbocycles. The van der Waals surface area contributed by atoms with E-state index in [1.807, 2.05) is 0 Å². The zero-order valence-corrected chi connectivity index (χ0v) is 9.24. The van der Waals surface area contributed by atoms with Crippen molar-refractivity contribution in [2.45, 2.75) is 19.8 Å². The van der Waals surface area contributed by atoms with Crippen LogP contribution in [0.15, 0.2) is 17.1 Å². The van der Waals surface area contributed by atoms with Crippen molar-refractivity contribution in [2.75, 3.05) is 5.32 Å². The molecule has 0 radical (unpaired) electrons.